The van der Waals surface area contributed by atoms with Gasteiger partial charge >= 0.3 is 0 Å². The van der Waals surface area contributed by atoms with Gasteiger partial charge in [0.15, 0.2) is 0 Å². The van der Waals surface area contributed by atoms with E-state index in [-0.39, 0.29) is 5.60 Å². The van der Waals surface area contributed by atoms with E-state index in [9.17, 15) is 0 Å². The predicted molar refractivity (Wildman–Crippen MR) is 87.2 cm³/mol. The summed E-state index contributed by atoms with van der Waals surface area (Å²) in [6.45, 7) is 5.05. The van der Waals surface area contributed by atoms with E-state index in [2.05, 4.69) is 19.2 Å². The average Bonchev–Trinajstić information content (AvgIpc) is 2.50. The Hall–Kier alpha value is -2.00. The molecule has 0 aliphatic carbocycles. The van der Waals surface area contributed by atoms with Crippen LogP contribution in [0.2, 0.25) is 0 Å². The SMILES string of the molecule is COC(C)(C)CCNc1ccc(Oc2ccccc2)cc1. The first kappa shape index (κ1) is 15.4. The van der Waals surface area contributed by atoms with Crippen molar-refractivity contribution in [3.8, 4) is 11.5 Å². The third kappa shape index (κ3) is 5.12. The first-order valence-corrected chi connectivity index (χ1v) is 7.21. The fraction of sp³-hybridized carbons (Fsp3) is 0.333. The van der Waals surface area contributed by atoms with Crippen LogP contribution in [0.4, 0.5) is 5.69 Å². The van der Waals surface area contributed by atoms with Gasteiger partial charge in [-0.25, -0.2) is 0 Å². The normalized spacial score (nSPS) is 11.2. The maximum absolute atomic E-state index is 5.76. The first-order valence-electron chi connectivity index (χ1n) is 7.21. The molecule has 0 radical (unpaired) electrons. The van der Waals surface area contributed by atoms with Crippen molar-refractivity contribution >= 4 is 5.69 Å². The number of hydrogen-bond donors (Lipinski definition) is 1. The highest BCUT2D eigenvalue weighted by Gasteiger charge is 2.15. The maximum Gasteiger partial charge on any atom is 0.127 e. The van der Waals surface area contributed by atoms with Crippen LogP contribution in [0.15, 0.2) is 54.6 Å². The number of para-hydroxylation sites is 1. The second-order valence-corrected chi connectivity index (χ2v) is 5.58. The van der Waals surface area contributed by atoms with Gasteiger partial charge in [0.05, 0.1) is 5.60 Å². The molecule has 3 nitrogen and oxygen atoms in total. The fourth-order valence-corrected chi connectivity index (χ4v) is 1.88. The summed E-state index contributed by atoms with van der Waals surface area (Å²) in [6, 6.07) is 17.8. The van der Waals surface area contributed by atoms with Crippen LogP contribution in [-0.2, 0) is 4.74 Å². The molecule has 0 fully saturated rings. The van der Waals surface area contributed by atoms with E-state index in [0.717, 1.165) is 30.2 Å². The summed E-state index contributed by atoms with van der Waals surface area (Å²) < 4.78 is 11.2. The zero-order valence-corrected chi connectivity index (χ0v) is 12.9. The van der Waals surface area contributed by atoms with E-state index in [0.29, 0.717) is 0 Å². The van der Waals surface area contributed by atoms with E-state index in [1.165, 1.54) is 0 Å². The first-order chi connectivity index (χ1) is 10.1. The standard InChI is InChI=1S/C18H23NO2/c1-18(2,20-3)13-14-19-15-9-11-17(12-10-15)21-16-7-5-4-6-8-16/h4-12,19H,13-14H2,1-3H3. The minimum atomic E-state index is -0.0939. The number of rotatable bonds is 7. The van der Waals surface area contributed by atoms with Crippen molar-refractivity contribution in [2.45, 2.75) is 25.9 Å². The Bertz CT molecular complexity index is 535. The number of ether oxygens (including phenoxy) is 2. The van der Waals surface area contributed by atoms with E-state index in [1.807, 2.05) is 54.6 Å². The number of benzene rings is 2. The molecule has 0 amide bonds. The zero-order valence-electron chi connectivity index (χ0n) is 12.9. The quantitative estimate of drug-likeness (QED) is 0.799. The number of anilines is 1. The molecule has 112 valence electrons. The van der Waals surface area contributed by atoms with Gasteiger partial charge in [-0.2, -0.15) is 0 Å². The molecule has 0 saturated heterocycles. The third-order valence-electron chi connectivity index (χ3n) is 3.44. The van der Waals surface area contributed by atoms with Gasteiger partial charge in [0.1, 0.15) is 11.5 Å². The Morgan fingerprint density at radius 1 is 0.905 bits per heavy atom. The largest absolute Gasteiger partial charge is 0.457 e. The summed E-state index contributed by atoms with van der Waals surface area (Å²) in [5.74, 6) is 1.68. The molecule has 0 heterocycles. The summed E-state index contributed by atoms with van der Waals surface area (Å²) in [5.41, 5.74) is 0.992. The average molecular weight is 285 g/mol. The summed E-state index contributed by atoms with van der Waals surface area (Å²) in [4.78, 5) is 0. The molecule has 1 N–H and O–H groups in total. The molecule has 2 rings (SSSR count). The highest BCUT2D eigenvalue weighted by molar-refractivity contribution is 5.47. The maximum atomic E-state index is 5.76. The van der Waals surface area contributed by atoms with Gasteiger partial charge in [-0.15, -0.1) is 0 Å². The number of hydrogen-bond acceptors (Lipinski definition) is 3. The topological polar surface area (TPSA) is 30.5 Å². The van der Waals surface area contributed by atoms with Gasteiger partial charge in [-0.1, -0.05) is 18.2 Å². The van der Waals surface area contributed by atoms with E-state index in [1.54, 1.807) is 7.11 Å². The number of methoxy groups -OCH3 is 1. The Kier molecular flexibility index (Phi) is 5.23. The molecule has 0 aromatic heterocycles. The van der Waals surface area contributed by atoms with Gasteiger partial charge in [0.2, 0.25) is 0 Å². The fourth-order valence-electron chi connectivity index (χ4n) is 1.88. The second kappa shape index (κ2) is 7.14. The highest BCUT2D eigenvalue weighted by atomic mass is 16.5. The van der Waals surface area contributed by atoms with Crippen molar-refractivity contribution in [1.29, 1.82) is 0 Å². The lowest BCUT2D eigenvalue weighted by Crippen LogP contribution is -2.25. The van der Waals surface area contributed by atoms with Crippen molar-refractivity contribution in [2.24, 2.45) is 0 Å². The van der Waals surface area contributed by atoms with Crippen LogP contribution >= 0.6 is 0 Å². The Morgan fingerprint density at radius 3 is 2.14 bits per heavy atom. The lowest BCUT2D eigenvalue weighted by Gasteiger charge is -2.23. The predicted octanol–water partition coefficient (Wildman–Crippen LogP) is 4.71. The zero-order chi connectivity index (χ0) is 15.1. The molecular formula is C18H23NO2. The van der Waals surface area contributed by atoms with Crippen molar-refractivity contribution in [2.75, 3.05) is 19.0 Å². The van der Waals surface area contributed by atoms with E-state index < -0.39 is 0 Å². The molecule has 0 spiro atoms. The lowest BCUT2D eigenvalue weighted by molar-refractivity contribution is 0.0185. The molecule has 21 heavy (non-hydrogen) atoms. The van der Waals surface area contributed by atoms with Crippen LogP contribution in [-0.4, -0.2) is 19.3 Å². The van der Waals surface area contributed by atoms with Crippen molar-refractivity contribution in [3.63, 3.8) is 0 Å². The van der Waals surface area contributed by atoms with Crippen LogP contribution in [0.25, 0.3) is 0 Å². The molecule has 0 saturated carbocycles. The van der Waals surface area contributed by atoms with Crippen LogP contribution in [0.5, 0.6) is 11.5 Å². The molecule has 0 bridgehead atoms. The molecule has 0 unspecified atom stereocenters. The molecular weight excluding hydrogens is 262 g/mol. The van der Waals surface area contributed by atoms with E-state index >= 15 is 0 Å². The van der Waals surface area contributed by atoms with Gasteiger partial charge < -0.3 is 14.8 Å². The van der Waals surface area contributed by atoms with E-state index in [4.69, 9.17) is 9.47 Å². The summed E-state index contributed by atoms with van der Waals surface area (Å²) in [5, 5.41) is 3.39. The molecule has 2 aromatic carbocycles. The van der Waals surface area contributed by atoms with Crippen LogP contribution in [0.3, 0.4) is 0 Å². The van der Waals surface area contributed by atoms with Gasteiger partial charge in [0.25, 0.3) is 0 Å². The molecule has 0 aliphatic rings. The van der Waals surface area contributed by atoms with Crippen molar-refractivity contribution in [1.82, 2.24) is 0 Å². The van der Waals surface area contributed by atoms with Crippen LogP contribution in [0.1, 0.15) is 20.3 Å². The van der Waals surface area contributed by atoms with Crippen molar-refractivity contribution < 1.29 is 9.47 Å². The van der Waals surface area contributed by atoms with Crippen molar-refractivity contribution in [3.05, 3.63) is 54.6 Å². The summed E-state index contributed by atoms with van der Waals surface area (Å²) >= 11 is 0. The Morgan fingerprint density at radius 2 is 1.52 bits per heavy atom. The molecule has 3 heteroatoms. The smallest absolute Gasteiger partial charge is 0.127 e. The monoisotopic (exact) mass is 285 g/mol. The molecule has 0 aliphatic heterocycles. The lowest BCUT2D eigenvalue weighted by atomic mass is 10.1. The summed E-state index contributed by atoms with van der Waals surface area (Å²) in [7, 11) is 1.75. The molecule has 0 atom stereocenters. The second-order valence-electron chi connectivity index (χ2n) is 5.58. The Balaban J connectivity index is 1.85. The van der Waals surface area contributed by atoms with Crippen LogP contribution < -0.4 is 10.1 Å². The minimum absolute atomic E-state index is 0.0939. The highest BCUT2D eigenvalue weighted by Crippen LogP contribution is 2.22. The molecule has 2 aromatic rings. The van der Waals surface area contributed by atoms with Gasteiger partial charge in [-0.3, -0.25) is 0 Å². The minimum Gasteiger partial charge on any atom is -0.457 e. The van der Waals surface area contributed by atoms with Gasteiger partial charge in [-0.05, 0) is 56.7 Å². The number of nitrogens with one attached hydrogen (secondary N) is 1. The van der Waals surface area contributed by atoms with Gasteiger partial charge in [0, 0.05) is 19.3 Å². The summed E-state index contributed by atoms with van der Waals surface area (Å²) in [6.07, 6.45) is 0.950. The third-order valence-corrected chi connectivity index (χ3v) is 3.44. The van der Waals surface area contributed by atoms with Crippen LogP contribution in [0, 0.1) is 0 Å². The Labute approximate surface area is 126 Å².